The predicted molar refractivity (Wildman–Crippen MR) is 96.0 cm³/mol. The van der Waals surface area contributed by atoms with E-state index in [4.69, 9.17) is 14.2 Å². The first kappa shape index (κ1) is 16.9. The van der Waals surface area contributed by atoms with Gasteiger partial charge in [0.05, 0.1) is 7.11 Å². The molecule has 2 aromatic carbocycles. The molecule has 0 saturated carbocycles. The lowest BCUT2D eigenvalue weighted by molar-refractivity contribution is -0.116. The normalized spacial score (nSPS) is 12.9. The van der Waals surface area contributed by atoms with Crippen LogP contribution in [-0.4, -0.2) is 26.2 Å². The van der Waals surface area contributed by atoms with Crippen LogP contribution in [0.2, 0.25) is 0 Å². The number of aryl methyl sites for hydroxylation is 1. The van der Waals surface area contributed by atoms with Crippen molar-refractivity contribution in [3.63, 3.8) is 0 Å². The topological polar surface area (TPSA) is 56.8 Å². The van der Waals surface area contributed by atoms with E-state index in [1.54, 1.807) is 13.2 Å². The number of carbonyl (C=O) groups is 1. The molecule has 25 heavy (non-hydrogen) atoms. The summed E-state index contributed by atoms with van der Waals surface area (Å²) in [7, 11) is 1.58. The zero-order valence-corrected chi connectivity index (χ0v) is 14.4. The molecule has 0 saturated heterocycles. The third kappa shape index (κ3) is 4.32. The minimum absolute atomic E-state index is 0.157. The van der Waals surface area contributed by atoms with Gasteiger partial charge in [0.25, 0.3) is 0 Å². The Kier molecular flexibility index (Phi) is 5.23. The van der Waals surface area contributed by atoms with Crippen LogP contribution < -0.4 is 19.5 Å². The monoisotopic (exact) mass is 339 g/mol. The highest BCUT2D eigenvalue weighted by molar-refractivity contribution is 5.91. The summed E-state index contributed by atoms with van der Waals surface area (Å²) in [6.07, 6.45) is 3.23. The van der Waals surface area contributed by atoms with Gasteiger partial charge >= 0.3 is 0 Å². The molecule has 0 aromatic heterocycles. The molecule has 1 aliphatic heterocycles. The number of nitrogens with one attached hydrogen (secondary N) is 1. The standard InChI is InChI=1S/C20H21NO4/c1-14-4-3-5-16(10-14)13-21-19(22)7-6-15-11-17(23-2)20-18(12-15)24-8-9-25-20/h3-7,10-12H,8-9,13H2,1-2H3,(H,21,22)/b7-6+. The Bertz CT molecular complexity index is 781. The van der Waals surface area contributed by atoms with Gasteiger partial charge in [-0.05, 0) is 36.3 Å². The number of hydrogen-bond donors (Lipinski definition) is 1. The van der Waals surface area contributed by atoms with E-state index in [0.717, 1.165) is 11.1 Å². The van der Waals surface area contributed by atoms with E-state index in [2.05, 4.69) is 11.4 Å². The second-order valence-electron chi connectivity index (χ2n) is 5.79. The summed E-state index contributed by atoms with van der Waals surface area (Å²) < 4.78 is 16.5. The first-order valence-electron chi connectivity index (χ1n) is 8.15. The molecule has 0 spiro atoms. The number of hydrogen-bond acceptors (Lipinski definition) is 4. The van der Waals surface area contributed by atoms with E-state index in [-0.39, 0.29) is 5.91 Å². The maximum Gasteiger partial charge on any atom is 0.244 e. The molecule has 1 aliphatic rings. The number of amides is 1. The van der Waals surface area contributed by atoms with Crippen molar-refractivity contribution in [3.8, 4) is 17.2 Å². The molecule has 0 aliphatic carbocycles. The van der Waals surface area contributed by atoms with Gasteiger partial charge in [0.1, 0.15) is 13.2 Å². The van der Waals surface area contributed by atoms with Crippen molar-refractivity contribution in [1.82, 2.24) is 5.32 Å². The van der Waals surface area contributed by atoms with E-state index in [1.165, 1.54) is 11.6 Å². The summed E-state index contributed by atoms with van der Waals surface area (Å²) >= 11 is 0. The Morgan fingerprint density at radius 3 is 2.88 bits per heavy atom. The molecule has 0 unspecified atom stereocenters. The zero-order valence-electron chi connectivity index (χ0n) is 14.4. The summed E-state index contributed by atoms with van der Waals surface area (Å²) in [6.45, 7) is 3.52. The van der Waals surface area contributed by atoms with Crippen LogP contribution in [0.25, 0.3) is 6.08 Å². The Morgan fingerprint density at radius 1 is 1.24 bits per heavy atom. The molecule has 3 rings (SSSR count). The van der Waals surface area contributed by atoms with E-state index in [9.17, 15) is 4.79 Å². The molecule has 1 N–H and O–H groups in total. The predicted octanol–water partition coefficient (Wildman–Crippen LogP) is 3.10. The first-order chi connectivity index (χ1) is 12.2. The number of benzene rings is 2. The van der Waals surface area contributed by atoms with Crippen LogP contribution in [0.3, 0.4) is 0 Å². The highest BCUT2D eigenvalue weighted by Gasteiger charge is 2.17. The number of fused-ring (bicyclic) bond motifs is 1. The van der Waals surface area contributed by atoms with Crippen LogP contribution in [-0.2, 0) is 11.3 Å². The van der Waals surface area contributed by atoms with E-state index >= 15 is 0 Å². The minimum atomic E-state index is -0.157. The summed E-state index contributed by atoms with van der Waals surface area (Å²) in [4.78, 5) is 12.0. The second-order valence-corrected chi connectivity index (χ2v) is 5.79. The van der Waals surface area contributed by atoms with Crippen molar-refractivity contribution in [2.45, 2.75) is 13.5 Å². The SMILES string of the molecule is COc1cc(/C=C/C(=O)NCc2cccc(C)c2)cc2c1OCCO2. The molecule has 1 heterocycles. The lowest BCUT2D eigenvalue weighted by Crippen LogP contribution is -2.20. The molecule has 5 heteroatoms. The van der Waals surface area contributed by atoms with Crippen molar-refractivity contribution in [2.24, 2.45) is 0 Å². The lowest BCUT2D eigenvalue weighted by atomic mass is 10.1. The molecule has 0 bridgehead atoms. The zero-order chi connectivity index (χ0) is 17.6. The molecule has 0 fully saturated rings. The third-order valence-corrected chi connectivity index (χ3v) is 3.83. The Hall–Kier alpha value is -2.95. The van der Waals surface area contributed by atoms with Crippen LogP contribution in [0.5, 0.6) is 17.2 Å². The molecule has 2 aromatic rings. The molecule has 0 radical (unpaired) electrons. The van der Waals surface area contributed by atoms with Gasteiger partial charge in [-0.25, -0.2) is 0 Å². The van der Waals surface area contributed by atoms with Crippen molar-refractivity contribution < 1.29 is 19.0 Å². The fourth-order valence-electron chi connectivity index (χ4n) is 2.63. The Balaban J connectivity index is 1.66. The molecular formula is C20H21NO4. The molecule has 0 atom stereocenters. The van der Waals surface area contributed by atoms with Crippen molar-refractivity contribution in [3.05, 3.63) is 59.2 Å². The number of rotatable bonds is 5. The van der Waals surface area contributed by atoms with Gasteiger partial charge in [0.2, 0.25) is 11.7 Å². The third-order valence-electron chi connectivity index (χ3n) is 3.83. The maximum absolute atomic E-state index is 12.0. The van der Waals surface area contributed by atoms with Gasteiger partial charge in [0, 0.05) is 12.6 Å². The first-order valence-corrected chi connectivity index (χ1v) is 8.15. The smallest absolute Gasteiger partial charge is 0.244 e. The van der Waals surface area contributed by atoms with Crippen LogP contribution in [0.4, 0.5) is 0 Å². The van der Waals surface area contributed by atoms with Crippen LogP contribution in [0, 0.1) is 6.92 Å². The highest BCUT2D eigenvalue weighted by atomic mass is 16.6. The van der Waals surface area contributed by atoms with Crippen molar-refractivity contribution in [2.75, 3.05) is 20.3 Å². The van der Waals surface area contributed by atoms with Crippen LogP contribution >= 0.6 is 0 Å². The minimum Gasteiger partial charge on any atom is -0.493 e. The molecular weight excluding hydrogens is 318 g/mol. The van der Waals surface area contributed by atoms with Gasteiger partial charge in [0.15, 0.2) is 11.5 Å². The number of methoxy groups -OCH3 is 1. The molecule has 1 amide bonds. The fraction of sp³-hybridized carbons (Fsp3) is 0.250. The van der Waals surface area contributed by atoms with E-state index in [0.29, 0.717) is 37.0 Å². The van der Waals surface area contributed by atoms with Gasteiger partial charge in [-0.3, -0.25) is 4.79 Å². The summed E-state index contributed by atoms with van der Waals surface area (Å²) in [5.41, 5.74) is 3.06. The van der Waals surface area contributed by atoms with Gasteiger partial charge in [-0.1, -0.05) is 29.8 Å². The van der Waals surface area contributed by atoms with Crippen molar-refractivity contribution in [1.29, 1.82) is 0 Å². The van der Waals surface area contributed by atoms with Gasteiger partial charge in [-0.15, -0.1) is 0 Å². The van der Waals surface area contributed by atoms with E-state index in [1.807, 2.05) is 37.3 Å². The second kappa shape index (κ2) is 7.75. The maximum atomic E-state index is 12.0. The molecule has 130 valence electrons. The number of ether oxygens (including phenoxy) is 3. The number of carbonyl (C=O) groups excluding carboxylic acids is 1. The Morgan fingerprint density at radius 2 is 2.08 bits per heavy atom. The van der Waals surface area contributed by atoms with E-state index < -0.39 is 0 Å². The quantitative estimate of drug-likeness (QED) is 0.851. The largest absolute Gasteiger partial charge is 0.493 e. The average Bonchev–Trinajstić information content (AvgIpc) is 2.64. The fourth-order valence-corrected chi connectivity index (χ4v) is 2.63. The Labute approximate surface area is 147 Å². The van der Waals surface area contributed by atoms with Gasteiger partial charge < -0.3 is 19.5 Å². The van der Waals surface area contributed by atoms with Gasteiger partial charge in [-0.2, -0.15) is 0 Å². The van der Waals surface area contributed by atoms with Crippen LogP contribution in [0.15, 0.2) is 42.5 Å². The van der Waals surface area contributed by atoms with Crippen molar-refractivity contribution >= 4 is 12.0 Å². The summed E-state index contributed by atoms with van der Waals surface area (Å²) in [5, 5.41) is 2.87. The lowest BCUT2D eigenvalue weighted by Gasteiger charge is -2.20. The average molecular weight is 339 g/mol. The highest BCUT2D eigenvalue weighted by Crippen LogP contribution is 2.40. The molecule has 5 nitrogen and oxygen atoms in total. The summed E-state index contributed by atoms with van der Waals surface area (Å²) in [5.74, 6) is 1.67. The summed E-state index contributed by atoms with van der Waals surface area (Å²) in [6, 6.07) is 11.7. The van der Waals surface area contributed by atoms with Crippen LogP contribution in [0.1, 0.15) is 16.7 Å².